The zero-order valence-corrected chi connectivity index (χ0v) is 20.6. The van der Waals surface area contributed by atoms with Gasteiger partial charge in [-0.1, -0.05) is 25.1 Å². The lowest BCUT2D eigenvalue weighted by Gasteiger charge is -2.24. The number of thioether (sulfide) groups is 1. The molecule has 1 atom stereocenters. The lowest BCUT2D eigenvalue weighted by atomic mass is 9.82. The second-order valence-electron chi connectivity index (χ2n) is 8.90. The van der Waals surface area contributed by atoms with E-state index < -0.39 is 0 Å². The number of hydrogen-bond donors (Lipinski definition) is 1. The molecule has 2 aliphatic rings. The van der Waals surface area contributed by atoms with Crippen molar-refractivity contribution in [2.75, 3.05) is 36.5 Å². The molecule has 2 aromatic rings. The summed E-state index contributed by atoms with van der Waals surface area (Å²) in [6.45, 7) is 4.46. The average molecular weight is 480 g/mol. The maximum atomic E-state index is 12.8. The van der Waals surface area contributed by atoms with E-state index in [1.807, 2.05) is 55.2 Å². The van der Waals surface area contributed by atoms with Gasteiger partial charge in [-0.2, -0.15) is 16.9 Å². The Morgan fingerprint density at radius 1 is 1.15 bits per heavy atom. The van der Waals surface area contributed by atoms with Crippen LogP contribution in [-0.4, -0.2) is 54.3 Å². The molecule has 6 nitrogen and oxygen atoms in total. The molecule has 0 radical (unpaired) electrons. The normalized spacial score (nSPS) is 17.9. The molecular formula is C27H33N3O3S. The van der Waals surface area contributed by atoms with Crippen molar-refractivity contribution in [3.05, 3.63) is 64.7 Å². The number of fused-ring (bicyclic) bond motifs is 1. The summed E-state index contributed by atoms with van der Waals surface area (Å²) in [6.07, 6.45) is 5.95. The number of hydrogen-bond acceptors (Lipinski definition) is 6. The molecule has 1 N–H and O–H groups in total. The zero-order chi connectivity index (χ0) is 23.8. The number of carbonyl (C=O) groups excluding carboxylic acids is 2. The zero-order valence-electron chi connectivity index (χ0n) is 19.8. The number of rotatable bonds is 8. The number of hydrazone groups is 1. The quantitative estimate of drug-likeness (QED) is 0.436. The number of esters is 1. The summed E-state index contributed by atoms with van der Waals surface area (Å²) in [5.41, 5.74) is 4.91. The van der Waals surface area contributed by atoms with Crippen molar-refractivity contribution >= 4 is 35.5 Å². The van der Waals surface area contributed by atoms with Crippen LogP contribution in [0, 0.1) is 5.92 Å². The first kappa shape index (κ1) is 24.3. The Bertz CT molecular complexity index is 1020. The van der Waals surface area contributed by atoms with Crippen LogP contribution < -0.4 is 5.32 Å². The maximum absolute atomic E-state index is 12.8. The Labute approximate surface area is 206 Å². The molecular weight excluding hydrogens is 446 g/mol. The summed E-state index contributed by atoms with van der Waals surface area (Å²) >= 11 is 1.96. The largest absolute Gasteiger partial charge is 0.466 e. The minimum atomic E-state index is -0.121. The number of ether oxygens (including phenoxy) is 1. The number of benzene rings is 2. The Kier molecular flexibility index (Phi) is 8.63. The van der Waals surface area contributed by atoms with Gasteiger partial charge in [-0.05, 0) is 72.6 Å². The summed E-state index contributed by atoms with van der Waals surface area (Å²) in [6, 6.07) is 13.6. The fraction of sp³-hybridized carbons (Fsp3) is 0.444. The van der Waals surface area contributed by atoms with E-state index in [1.54, 1.807) is 0 Å². The Morgan fingerprint density at radius 2 is 1.94 bits per heavy atom. The molecule has 1 heterocycles. The predicted octanol–water partition coefficient (Wildman–Crippen LogP) is 4.77. The monoisotopic (exact) mass is 479 g/mol. The van der Waals surface area contributed by atoms with E-state index in [9.17, 15) is 9.59 Å². The van der Waals surface area contributed by atoms with Crippen molar-refractivity contribution in [3.63, 3.8) is 0 Å². The van der Waals surface area contributed by atoms with Gasteiger partial charge in [-0.3, -0.25) is 14.6 Å². The van der Waals surface area contributed by atoms with Crippen molar-refractivity contribution in [1.29, 1.82) is 0 Å². The highest BCUT2D eigenvalue weighted by atomic mass is 32.2. The van der Waals surface area contributed by atoms with Crippen molar-refractivity contribution in [3.8, 4) is 0 Å². The smallest absolute Gasteiger partial charge is 0.306 e. The number of nitrogens with one attached hydrogen (secondary N) is 1. The van der Waals surface area contributed by atoms with Gasteiger partial charge in [0.1, 0.15) is 0 Å². The lowest BCUT2D eigenvalue weighted by molar-refractivity contribution is -0.144. The van der Waals surface area contributed by atoms with E-state index in [4.69, 9.17) is 4.74 Å². The molecule has 1 unspecified atom stereocenters. The summed E-state index contributed by atoms with van der Waals surface area (Å²) in [7, 11) is 0. The van der Waals surface area contributed by atoms with Crippen LogP contribution in [0.5, 0.6) is 0 Å². The lowest BCUT2D eigenvalue weighted by Crippen LogP contribution is -2.27. The van der Waals surface area contributed by atoms with Crippen molar-refractivity contribution in [1.82, 2.24) is 5.01 Å². The Balaban J connectivity index is 1.30. The van der Waals surface area contributed by atoms with Gasteiger partial charge in [0.05, 0.1) is 12.8 Å². The second kappa shape index (κ2) is 12.1. The first-order valence-electron chi connectivity index (χ1n) is 12.2. The topological polar surface area (TPSA) is 71.0 Å². The molecule has 1 saturated heterocycles. The first-order chi connectivity index (χ1) is 16.6. The van der Waals surface area contributed by atoms with E-state index in [0.717, 1.165) is 61.5 Å². The highest BCUT2D eigenvalue weighted by Gasteiger charge is 2.22. The number of anilines is 1. The molecule has 1 fully saturated rings. The van der Waals surface area contributed by atoms with Crippen molar-refractivity contribution in [2.24, 2.45) is 11.0 Å². The van der Waals surface area contributed by atoms with Crippen LogP contribution in [0.2, 0.25) is 0 Å². The molecule has 0 saturated carbocycles. The average Bonchev–Trinajstić information content (AvgIpc) is 2.87. The third-order valence-corrected chi connectivity index (χ3v) is 7.19. The maximum Gasteiger partial charge on any atom is 0.306 e. The fourth-order valence-corrected chi connectivity index (χ4v) is 5.22. The molecule has 2 aromatic carbocycles. The standard InChI is InChI=1S/C27H33N3O3S/c1-2-13-33-26(31)17-21-5-8-24-18-25(10-9-23(24)16-21)29-27(32)22-6-3-20(4-7-22)19-28-30-11-14-34-15-12-30/h3-4,6-7,9-10,18-19,21H,2,5,8,11-17H2,1H3,(H,29,32)/b28-19+. The minimum absolute atomic E-state index is 0.0953. The molecule has 1 aliphatic heterocycles. The second-order valence-corrected chi connectivity index (χ2v) is 10.1. The van der Waals surface area contributed by atoms with E-state index >= 15 is 0 Å². The molecule has 0 spiro atoms. The van der Waals surface area contributed by atoms with Gasteiger partial charge in [0.15, 0.2) is 0 Å². The molecule has 1 amide bonds. The van der Waals surface area contributed by atoms with Gasteiger partial charge < -0.3 is 10.1 Å². The van der Waals surface area contributed by atoms with Crippen LogP contribution in [0.15, 0.2) is 47.6 Å². The molecule has 180 valence electrons. The number of aryl methyl sites for hydroxylation is 1. The highest BCUT2D eigenvalue weighted by molar-refractivity contribution is 7.99. The van der Waals surface area contributed by atoms with Crippen LogP contribution in [-0.2, 0) is 22.4 Å². The van der Waals surface area contributed by atoms with Gasteiger partial charge in [0.2, 0.25) is 0 Å². The van der Waals surface area contributed by atoms with Crippen LogP contribution in [0.3, 0.4) is 0 Å². The van der Waals surface area contributed by atoms with Gasteiger partial charge in [-0.15, -0.1) is 0 Å². The van der Waals surface area contributed by atoms with Crippen LogP contribution in [0.25, 0.3) is 0 Å². The SMILES string of the molecule is CCCOC(=O)CC1CCc2cc(NC(=O)c3ccc(/C=N/N4CCSCC4)cc3)ccc2C1. The molecule has 1 aliphatic carbocycles. The predicted molar refractivity (Wildman–Crippen MR) is 139 cm³/mol. The Morgan fingerprint density at radius 3 is 2.71 bits per heavy atom. The van der Waals surface area contributed by atoms with E-state index in [1.165, 1.54) is 11.1 Å². The Hall–Kier alpha value is -2.80. The molecule has 4 rings (SSSR count). The van der Waals surface area contributed by atoms with E-state index in [2.05, 4.69) is 27.6 Å². The van der Waals surface area contributed by atoms with Crippen LogP contribution in [0.1, 0.15) is 53.2 Å². The third-order valence-electron chi connectivity index (χ3n) is 6.25. The van der Waals surface area contributed by atoms with Gasteiger partial charge in [0, 0.05) is 42.3 Å². The summed E-state index contributed by atoms with van der Waals surface area (Å²) in [4.78, 5) is 24.7. The minimum Gasteiger partial charge on any atom is -0.466 e. The fourth-order valence-electron chi connectivity index (χ4n) is 4.33. The van der Waals surface area contributed by atoms with Gasteiger partial charge >= 0.3 is 5.97 Å². The van der Waals surface area contributed by atoms with Crippen LogP contribution >= 0.6 is 11.8 Å². The van der Waals surface area contributed by atoms with Gasteiger partial charge in [0.25, 0.3) is 5.91 Å². The first-order valence-corrected chi connectivity index (χ1v) is 13.3. The summed E-state index contributed by atoms with van der Waals surface area (Å²) in [5.74, 6) is 2.35. The van der Waals surface area contributed by atoms with E-state index in [-0.39, 0.29) is 11.9 Å². The summed E-state index contributed by atoms with van der Waals surface area (Å²) < 4.78 is 5.24. The molecule has 0 bridgehead atoms. The summed E-state index contributed by atoms with van der Waals surface area (Å²) in [5, 5.41) is 9.65. The number of amides is 1. The van der Waals surface area contributed by atoms with Gasteiger partial charge in [-0.25, -0.2) is 0 Å². The number of nitrogens with zero attached hydrogens (tertiary/aromatic N) is 2. The highest BCUT2D eigenvalue weighted by Crippen LogP contribution is 2.30. The van der Waals surface area contributed by atoms with E-state index in [0.29, 0.717) is 24.5 Å². The molecule has 7 heteroatoms. The van der Waals surface area contributed by atoms with Crippen molar-refractivity contribution in [2.45, 2.75) is 39.0 Å². The number of carbonyl (C=O) groups is 2. The molecule has 0 aromatic heterocycles. The third kappa shape index (κ3) is 6.86. The van der Waals surface area contributed by atoms with Crippen LogP contribution in [0.4, 0.5) is 5.69 Å². The molecule has 34 heavy (non-hydrogen) atoms. The van der Waals surface area contributed by atoms with Crippen molar-refractivity contribution < 1.29 is 14.3 Å².